The molecule has 1 aliphatic heterocycles. The summed E-state index contributed by atoms with van der Waals surface area (Å²) in [4.78, 5) is 12.0. The Bertz CT molecular complexity index is 626. The van der Waals surface area contributed by atoms with E-state index in [9.17, 15) is 4.79 Å². The molecule has 20 heavy (non-hydrogen) atoms. The molecule has 6 heteroatoms. The maximum absolute atomic E-state index is 12.0. The molecule has 0 aliphatic carbocycles. The number of amides is 1. The third kappa shape index (κ3) is 2.75. The first-order chi connectivity index (χ1) is 9.72. The smallest absolute Gasteiger partial charge is 0.228 e. The van der Waals surface area contributed by atoms with Crippen LogP contribution < -0.4 is 14.8 Å². The summed E-state index contributed by atoms with van der Waals surface area (Å²) in [6.07, 6.45) is 1.72. The van der Waals surface area contributed by atoms with Gasteiger partial charge in [0, 0.05) is 11.8 Å². The number of rotatable bonds is 3. The Morgan fingerprint density at radius 2 is 2.25 bits per heavy atom. The van der Waals surface area contributed by atoms with Gasteiger partial charge >= 0.3 is 0 Å². The topological polar surface area (TPSA) is 60.5 Å². The molecule has 0 bridgehead atoms. The molecule has 3 rings (SSSR count). The average molecular weight is 290 g/mol. The van der Waals surface area contributed by atoms with Crippen molar-refractivity contribution in [3.05, 3.63) is 36.0 Å². The first-order valence-electron chi connectivity index (χ1n) is 6.32. The predicted molar refractivity (Wildman–Crippen MR) is 76.5 cm³/mol. The lowest BCUT2D eigenvalue weighted by molar-refractivity contribution is -0.118. The molecule has 0 fully saturated rings. The lowest BCUT2D eigenvalue weighted by Gasteiger charge is -2.25. The van der Waals surface area contributed by atoms with Crippen LogP contribution in [-0.4, -0.2) is 23.0 Å². The van der Waals surface area contributed by atoms with E-state index < -0.39 is 0 Å². The summed E-state index contributed by atoms with van der Waals surface area (Å²) < 4.78 is 15.4. The molecule has 1 N–H and O–H groups in total. The molecule has 1 unspecified atom stereocenters. The molecule has 2 aromatic rings. The highest BCUT2D eigenvalue weighted by Gasteiger charge is 2.23. The number of para-hydroxylation sites is 2. The Morgan fingerprint density at radius 3 is 3.00 bits per heavy atom. The second kappa shape index (κ2) is 5.50. The lowest BCUT2D eigenvalue weighted by atomic mass is 10.2. The summed E-state index contributed by atoms with van der Waals surface area (Å²) in [5, 5.41) is 3.63. The molecule has 0 spiro atoms. The fourth-order valence-corrected chi connectivity index (χ4v) is 2.63. The fourth-order valence-electron chi connectivity index (χ4n) is 1.96. The fraction of sp³-hybridized carbons (Fsp3) is 0.286. The number of hydrogen-bond donors (Lipinski definition) is 1. The van der Waals surface area contributed by atoms with E-state index >= 15 is 0 Å². The van der Waals surface area contributed by atoms with Crippen LogP contribution in [0.1, 0.15) is 12.0 Å². The van der Waals surface area contributed by atoms with Crippen molar-refractivity contribution in [3.8, 4) is 11.5 Å². The van der Waals surface area contributed by atoms with Gasteiger partial charge in [-0.2, -0.15) is 4.37 Å². The zero-order valence-electron chi connectivity index (χ0n) is 11.0. The van der Waals surface area contributed by atoms with E-state index in [0.29, 0.717) is 12.4 Å². The average Bonchev–Trinajstić information content (AvgIpc) is 2.84. The summed E-state index contributed by atoms with van der Waals surface area (Å²) in [5.74, 6) is 1.32. The van der Waals surface area contributed by atoms with Gasteiger partial charge in [-0.3, -0.25) is 4.79 Å². The van der Waals surface area contributed by atoms with Crippen LogP contribution in [0.3, 0.4) is 0 Å². The van der Waals surface area contributed by atoms with Crippen molar-refractivity contribution in [1.29, 1.82) is 0 Å². The van der Waals surface area contributed by atoms with Crippen LogP contribution in [0.5, 0.6) is 11.5 Å². The molecule has 2 heterocycles. The molecule has 0 radical (unpaired) electrons. The molecule has 0 saturated carbocycles. The van der Waals surface area contributed by atoms with Gasteiger partial charge in [-0.05, 0) is 30.6 Å². The van der Waals surface area contributed by atoms with E-state index in [4.69, 9.17) is 9.47 Å². The molecule has 1 aromatic heterocycles. The molecule has 5 nitrogen and oxygen atoms in total. The molecule has 1 atom stereocenters. The second-order valence-electron chi connectivity index (χ2n) is 4.59. The quantitative estimate of drug-likeness (QED) is 0.944. The van der Waals surface area contributed by atoms with Crippen molar-refractivity contribution in [2.45, 2.75) is 19.4 Å². The van der Waals surface area contributed by atoms with Gasteiger partial charge in [-0.1, -0.05) is 12.1 Å². The number of carbonyl (C=O) groups excluding carboxylic acids is 1. The minimum absolute atomic E-state index is 0.0923. The van der Waals surface area contributed by atoms with Gasteiger partial charge in [-0.25, -0.2) is 0 Å². The maximum atomic E-state index is 12.0. The van der Waals surface area contributed by atoms with Crippen molar-refractivity contribution in [1.82, 2.24) is 4.37 Å². The third-order valence-corrected chi connectivity index (χ3v) is 3.80. The number of ether oxygens (including phenoxy) is 2. The van der Waals surface area contributed by atoms with Crippen LogP contribution in [0.25, 0.3) is 0 Å². The lowest BCUT2D eigenvalue weighted by Crippen LogP contribution is -2.33. The highest BCUT2D eigenvalue weighted by Crippen LogP contribution is 2.31. The zero-order chi connectivity index (χ0) is 13.9. The Hall–Kier alpha value is -2.08. The van der Waals surface area contributed by atoms with Crippen molar-refractivity contribution >= 4 is 22.4 Å². The standard InChI is InChI=1S/C14H14N2O3S/c1-9-7-15-20-14(9)16-13(17)6-10-8-18-11-4-2-3-5-12(11)19-10/h2-5,7,10H,6,8H2,1H3,(H,16,17). The maximum Gasteiger partial charge on any atom is 0.228 e. The Balaban J connectivity index is 1.59. The van der Waals surface area contributed by atoms with Crippen molar-refractivity contribution in [3.63, 3.8) is 0 Å². The van der Waals surface area contributed by atoms with Crippen LogP contribution in [0.15, 0.2) is 30.5 Å². The van der Waals surface area contributed by atoms with E-state index in [-0.39, 0.29) is 18.4 Å². The normalized spacial score (nSPS) is 16.8. The minimum Gasteiger partial charge on any atom is -0.486 e. The first kappa shape index (κ1) is 12.9. The Labute approximate surface area is 120 Å². The van der Waals surface area contributed by atoms with Crippen molar-refractivity contribution in [2.24, 2.45) is 0 Å². The van der Waals surface area contributed by atoms with Crippen molar-refractivity contribution < 1.29 is 14.3 Å². The van der Waals surface area contributed by atoms with E-state index in [0.717, 1.165) is 16.3 Å². The highest BCUT2D eigenvalue weighted by atomic mass is 32.1. The third-order valence-electron chi connectivity index (χ3n) is 2.98. The van der Waals surface area contributed by atoms with Crippen LogP contribution in [0.4, 0.5) is 5.00 Å². The van der Waals surface area contributed by atoms with Gasteiger partial charge in [0.1, 0.15) is 17.7 Å². The SMILES string of the molecule is Cc1cnsc1NC(=O)CC1COc2ccccc2O1. The summed E-state index contributed by atoms with van der Waals surface area (Å²) in [6.45, 7) is 2.29. The summed E-state index contributed by atoms with van der Waals surface area (Å²) in [5.41, 5.74) is 0.967. The van der Waals surface area contributed by atoms with E-state index in [1.165, 1.54) is 11.5 Å². The molecular formula is C14H14N2O3S. The molecule has 104 valence electrons. The van der Waals surface area contributed by atoms with Crippen LogP contribution in [-0.2, 0) is 4.79 Å². The van der Waals surface area contributed by atoms with Gasteiger partial charge in [0.15, 0.2) is 11.5 Å². The summed E-state index contributed by atoms with van der Waals surface area (Å²) in [7, 11) is 0. The summed E-state index contributed by atoms with van der Waals surface area (Å²) in [6, 6.07) is 7.46. The molecule has 0 saturated heterocycles. The zero-order valence-corrected chi connectivity index (χ0v) is 11.8. The number of benzene rings is 1. The number of anilines is 1. The monoisotopic (exact) mass is 290 g/mol. The molecule has 1 aliphatic rings. The predicted octanol–water partition coefficient (Wildman–Crippen LogP) is 2.62. The number of nitrogens with zero attached hydrogens (tertiary/aromatic N) is 1. The highest BCUT2D eigenvalue weighted by molar-refractivity contribution is 7.10. The number of fused-ring (bicyclic) bond motifs is 1. The number of hydrogen-bond acceptors (Lipinski definition) is 5. The van der Waals surface area contributed by atoms with E-state index in [1.807, 2.05) is 31.2 Å². The molecule has 1 amide bonds. The van der Waals surface area contributed by atoms with E-state index in [1.54, 1.807) is 6.20 Å². The number of aryl methyl sites for hydroxylation is 1. The number of aromatic nitrogens is 1. The van der Waals surface area contributed by atoms with Crippen molar-refractivity contribution in [2.75, 3.05) is 11.9 Å². The van der Waals surface area contributed by atoms with Gasteiger partial charge in [0.25, 0.3) is 0 Å². The first-order valence-corrected chi connectivity index (χ1v) is 7.09. The number of nitrogens with one attached hydrogen (secondary N) is 1. The Morgan fingerprint density at radius 1 is 1.45 bits per heavy atom. The number of carbonyl (C=O) groups is 1. The second-order valence-corrected chi connectivity index (χ2v) is 5.39. The van der Waals surface area contributed by atoms with Gasteiger partial charge in [-0.15, -0.1) is 0 Å². The Kier molecular flexibility index (Phi) is 3.56. The molecule has 1 aromatic carbocycles. The van der Waals surface area contributed by atoms with Gasteiger partial charge in [0.05, 0.1) is 6.42 Å². The van der Waals surface area contributed by atoms with Crippen LogP contribution >= 0.6 is 11.5 Å². The van der Waals surface area contributed by atoms with Crippen LogP contribution in [0, 0.1) is 6.92 Å². The minimum atomic E-state index is -0.266. The van der Waals surface area contributed by atoms with Gasteiger partial charge in [0.2, 0.25) is 5.91 Å². The van der Waals surface area contributed by atoms with Gasteiger partial charge < -0.3 is 14.8 Å². The molecular weight excluding hydrogens is 276 g/mol. The van der Waals surface area contributed by atoms with E-state index in [2.05, 4.69) is 9.69 Å². The summed E-state index contributed by atoms with van der Waals surface area (Å²) >= 11 is 1.27. The largest absolute Gasteiger partial charge is 0.486 e. The van der Waals surface area contributed by atoms with Crippen LogP contribution in [0.2, 0.25) is 0 Å².